The van der Waals surface area contributed by atoms with Gasteiger partial charge in [0.2, 0.25) is 0 Å². The second kappa shape index (κ2) is 4.37. The second-order valence-corrected chi connectivity index (χ2v) is 3.75. The van der Waals surface area contributed by atoms with Crippen LogP contribution in [0.2, 0.25) is 0 Å². The fourth-order valence-corrected chi connectivity index (χ4v) is 1.39. The van der Waals surface area contributed by atoms with Crippen molar-refractivity contribution in [2.24, 2.45) is 0 Å². The van der Waals surface area contributed by atoms with Gasteiger partial charge in [0.15, 0.2) is 5.69 Å². The number of fused-ring (bicyclic) bond motifs is 1. The van der Waals surface area contributed by atoms with Gasteiger partial charge >= 0.3 is 5.97 Å². The van der Waals surface area contributed by atoms with Crippen molar-refractivity contribution >= 4 is 28.5 Å². The van der Waals surface area contributed by atoms with Gasteiger partial charge in [0.05, 0.1) is 5.52 Å². The molecule has 0 saturated heterocycles. The van der Waals surface area contributed by atoms with Crippen molar-refractivity contribution < 1.29 is 9.53 Å². The number of halogens is 1. The Morgan fingerprint density at radius 3 is 3.00 bits per heavy atom. The predicted octanol–water partition coefficient (Wildman–Crippen LogP) is 2.47. The van der Waals surface area contributed by atoms with Gasteiger partial charge in [-0.3, -0.25) is 5.10 Å². The minimum atomic E-state index is -0.515. The van der Waals surface area contributed by atoms with E-state index in [9.17, 15) is 4.79 Å². The molecule has 0 fully saturated rings. The molecule has 1 aromatic carbocycles. The summed E-state index contributed by atoms with van der Waals surface area (Å²) in [5.74, 6) is -0.515. The van der Waals surface area contributed by atoms with E-state index in [4.69, 9.17) is 16.3 Å². The summed E-state index contributed by atoms with van der Waals surface area (Å²) in [6.45, 7) is 3.42. The molecule has 1 heterocycles. The fourth-order valence-electron chi connectivity index (χ4n) is 1.33. The van der Waals surface area contributed by atoms with Crippen molar-refractivity contribution in [3.8, 4) is 0 Å². The predicted molar refractivity (Wildman–Crippen MR) is 61.4 cm³/mol. The average Bonchev–Trinajstić information content (AvgIpc) is 2.69. The summed E-state index contributed by atoms with van der Waals surface area (Å²) in [5, 5.41) is 7.65. The van der Waals surface area contributed by atoms with Crippen LogP contribution in [-0.2, 0) is 4.74 Å². The van der Waals surface area contributed by atoms with Gasteiger partial charge in [0.25, 0.3) is 0 Å². The molecule has 1 N–H and O–H groups in total. The van der Waals surface area contributed by atoms with Gasteiger partial charge in [-0.25, -0.2) is 4.79 Å². The largest absolute Gasteiger partial charge is 0.455 e. The molecule has 0 bridgehead atoms. The lowest BCUT2D eigenvalue weighted by Gasteiger charge is -2.00. The summed E-state index contributed by atoms with van der Waals surface area (Å²) in [6.07, 6.45) is 0. The van der Waals surface area contributed by atoms with Crippen LogP contribution in [0.15, 0.2) is 35.9 Å². The number of esters is 1. The number of hydrogen-bond acceptors (Lipinski definition) is 3. The van der Waals surface area contributed by atoms with E-state index >= 15 is 0 Å². The minimum absolute atomic E-state index is 0.0123. The number of aromatic amines is 1. The monoisotopic (exact) mass is 236 g/mol. The maximum absolute atomic E-state index is 11.6. The molecule has 16 heavy (non-hydrogen) atoms. The summed E-state index contributed by atoms with van der Waals surface area (Å²) in [6, 6.07) is 7.32. The van der Waals surface area contributed by atoms with Gasteiger partial charge in [-0.2, -0.15) is 5.10 Å². The molecule has 0 atom stereocenters. The van der Waals surface area contributed by atoms with Crippen molar-refractivity contribution in [2.45, 2.75) is 0 Å². The first-order valence-corrected chi connectivity index (χ1v) is 5.00. The minimum Gasteiger partial charge on any atom is -0.455 e. The van der Waals surface area contributed by atoms with Crippen LogP contribution in [0, 0.1) is 0 Å². The number of para-hydroxylation sites is 1. The lowest BCUT2D eigenvalue weighted by molar-refractivity contribution is 0.0541. The average molecular weight is 237 g/mol. The second-order valence-electron chi connectivity index (χ2n) is 3.21. The SMILES string of the molecule is C=C(Cl)COC(=O)c1n[nH]c2ccccc12. The molecule has 0 unspecified atom stereocenters. The van der Waals surface area contributed by atoms with Gasteiger partial charge in [0, 0.05) is 10.4 Å². The molecule has 1 aromatic heterocycles. The van der Waals surface area contributed by atoms with Crippen LogP contribution in [0.25, 0.3) is 10.9 Å². The molecule has 0 saturated carbocycles. The Morgan fingerprint density at radius 2 is 2.25 bits per heavy atom. The van der Waals surface area contributed by atoms with E-state index in [-0.39, 0.29) is 17.3 Å². The molecule has 4 nitrogen and oxygen atoms in total. The van der Waals surface area contributed by atoms with Crippen LogP contribution in [0.3, 0.4) is 0 Å². The third-order valence-corrected chi connectivity index (χ3v) is 2.13. The molecule has 0 radical (unpaired) electrons. The number of H-pyrrole nitrogens is 1. The molecule has 2 rings (SSSR count). The first-order valence-electron chi connectivity index (χ1n) is 4.62. The third kappa shape index (κ3) is 2.06. The van der Waals surface area contributed by atoms with E-state index < -0.39 is 5.97 Å². The molecular formula is C11H9ClN2O2. The number of aromatic nitrogens is 2. The van der Waals surface area contributed by atoms with E-state index in [0.717, 1.165) is 10.9 Å². The van der Waals surface area contributed by atoms with Crippen LogP contribution in [0.4, 0.5) is 0 Å². The first kappa shape index (κ1) is 10.7. The standard InChI is InChI=1S/C11H9ClN2O2/c1-7(12)6-16-11(15)10-8-4-2-3-5-9(8)13-14-10/h2-5H,1,6H2,(H,13,14). The van der Waals surface area contributed by atoms with E-state index in [1.165, 1.54) is 0 Å². The van der Waals surface area contributed by atoms with Crippen LogP contribution in [0.1, 0.15) is 10.5 Å². The van der Waals surface area contributed by atoms with Crippen LogP contribution >= 0.6 is 11.6 Å². The van der Waals surface area contributed by atoms with Crippen LogP contribution < -0.4 is 0 Å². The zero-order valence-corrected chi connectivity index (χ0v) is 9.12. The van der Waals surface area contributed by atoms with Gasteiger partial charge in [-0.15, -0.1) is 0 Å². The Hall–Kier alpha value is -1.81. The smallest absolute Gasteiger partial charge is 0.359 e. The summed E-state index contributed by atoms with van der Waals surface area (Å²) in [5.41, 5.74) is 1.05. The van der Waals surface area contributed by atoms with Crippen molar-refractivity contribution in [3.63, 3.8) is 0 Å². The maximum Gasteiger partial charge on any atom is 0.359 e. The molecule has 0 spiro atoms. The third-order valence-electron chi connectivity index (χ3n) is 2.02. The number of benzene rings is 1. The zero-order chi connectivity index (χ0) is 11.5. The molecule has 0 aliphatic carbocycles. The number of carbonyl (C=O) groups excluding carboxylic acids is 1. The maximum atomic E-state index is 11.6. The quantitative estimate of drug-likeness (QED) is 0.833. The van der Waals surface area contributed by atoms with E-state index in [1.807, 2.05) is 18.2 Å². The van der Waals surface area contributed by atoms with Gasteiger partial charge in [0.1, 0.15) is 6.61 Å². The van der Waals surface area contributed by atoms with Gasteiger partial charge < -0.3 is 4.74 Å². The van der Waals surface area contributed by atoms with Crippen molar-refractivity contribution in [1.82, 2.24) is 10.2 Å². The molecular weight excluding hydrogens is 228 g/mol. The van der Waals surface area contributed by atoms with E-state index in [0.29, 0.717) is 0 Å². The number of nitrogens with zero attached hydrogens (tertiary/aromatic N) is 1. The molecule has 2 aromatic rings. The molecule has 0 amide bonds. The Kier molecular flexibility index (Phi) is 2.92. The summed E-state index contributed by atoms with van der Waals surface area (Å²) < 4.78 is 4.90. The Morgan fingerprint density at radius 1 is 1.50 bits per heavy atom. The molecule has 0 aliphatic rings. The number of hydrogen-bond donors (Lipinski definition) is 1. The molecule has 5 heteroatoms. The summed E-state index contributed by atoms with van der Waals surface area (Å²) in [7, 11) is 0. The Labute approximate surface area is 96.9 Å². The highest BCUT2D eigenvalue weighted by Gasteiger charge is 2.14. The summed E-state index contributed by atoms with van der Waals surface area (Å²) >= 11 is 5.50. The van der Waals surface area contributed by atoms with Crippen molar-refractivity contribution in [3.05, 3.63) is 41.6 Å². The normalized spacial score (nSPS) is 10.3. The summed E-state index contributed by atoms with van der Waals surface area (Å²) in [4.78, 5) is 11.6. The highest BCUT2D eigenvalue weighted by Crippen LogP contribution is 2.16. The molecule has 82 valence electrons. The lowest BCUT2D eigenvalue weighted by atomic mass is 10.2. The lowest BCUT2D eigenvalue weighted by Crippen LogP contribution is -2.07. The van der Waals surface area contributed by atoms with Crippen LogP contribution in [-0.4, -0.2) is 22.8 Å². The van der Waals surface area contributed by atoms with Gasteiger partial charge in [-0.1, -0.05) is 36.4 Å². The zero-order valence-electron chi connectivity index (χ0n) is 8.37. The molecule has 0 aliphatic heterocycles. The van der Waals surface area contributed by atoms with Gasteiger partial charge in [-0.05, 0) is 6.07 Å². The number of rotatable bonds is 3. The Balaban J connectivity index is 2.26. The highest BCUT2D eigenvalue weighted by atomic mass is 35.5. The van der Waals surface area contributed by atoms with Crippen molar-refractivity contribution in [2.75, 3.05) is 6.61 Å². The van der Waals surface area contributed by atoms with Crippen molar-refractivity contribution in [1.29, 1.82) is 0 Å². The van der Waals surface area contributed by atoms with Crippen LogP contribution in [0.5, 0.6) is 0 Å². The highest BCUT2D eigenvalue weighted by molar-refractivity contribution is 6.29. The fraction of sp³-hybridized carbons (Fsp3) is 0.0909. The Bertz CT molecular complexity index is 548. The number of ether oxygens (including phenoxy) is 1. The van der Waals surface area contributed by atoms with E-state index in [1.54, 1.807) is 6.07 Å². The number of nitrogens with one attached hydrogen (secondary N) is 1. The van der Waals surface area contributed by atoms with E-state index in [2.05, 4.69) is 16.8 Å². The number of carbonyl (C=O) groups is 1. The topological polar surface area (TPSA) is 55.0 Å². The first-order chi connectivity index (χ1) is 7.68.